The van der Waals surface area contributed by atoms with Crippen LogP contribution in [0.25, 0.3) is 0 Å². The maximum atomic E-state index is 11.3. The van der Waals surface area contributed by atoms with Crippen LogP contribution >= 0.6 is 11.6 Å². The number of ether oxygens (including phenoxy) is 2. The quantitative estimate of drug-likeness (QED) is 0.907. The zero-order valence-corrected chi connectivity index (χ0v) is 12.5. The molecule has 21 heavy (non-hydrogen) atoms. The smallest absolute Gasteiger partial charge is 0.322 e. The van der Waals surface area contributed by atoms with Gasteiger partial charge in [0.15, 0.2) is 11.5 Å². The van der Waals surface area contributed by atoms with Crippen molar-refractivity contribution in [2.24, 2.45) is 0 Å². The number of piperazine rings is 1. The van der Waals surface area contributed by atoms with E-state index in [1.165, 1.54) is 0 Å². The number of benzene rings is 1. The summed E-state index contributed by atoms with van der Waals surface area (Å²) in [6.07, 6.45) is 0. The van der Waals surface area contributed by atoms with Crippen molar-refractivity contribution in [2.75, 3.05) is 33.5 Å². The van der Waals surface area contributed by atoms with Gasteiger partial charge in [0.25, 0.3) is 0 Å². The molecule has 3 rings (SSSR count). The van der Waals surface area contributed by atoms with Crippen LogP contribution in [0.5, 0.6) is 11.5 Å². The van der Waals surface area contributed by atoms with E-state index in [0.29, 0.717) is 29.6 Å². The lowest BCUT2D eigenvalue weighted by molar-refractivity contribution is -0.145. The third kappa shape index (κ3) is 2.92. The summed E-state index contributed by atoms with van der Waals surface area (Å²) in [5.41, 5.74) is 0.926. The zero-order valence-electron chi connectivity index (χ0n) is 11.7. The molecule has 6 nitrogen and oxygen atoms in total. The summed E-state index contributed by atoms with van der Waals surface area (Å²) in [6.45, 7) is 2.83. The zero-order chi connectivity index (χ0) is 15.0. The second kappa shape index (κ2) is 5.71. The number of fused-ring (bicyclic) bond motifs is 1. The Balaban J connectivity index is 1.73. The van der Waals surface area contributed by atoms with Gasteiger partial charge in [-0.1, -0.05) is 11.6 Å². The highest BCUT2D eigenvalue weighted by molar-refractivity contribution is 6.31. The third-order valence-electron chi connectivity index (χ3n) is 3.95. The van der Waals surface area contributed by atoms with Crippen molar-refractivity contribution in [3.8, 4) is 11.5 Å². The number of likely N-dealkylation sites (N-methyl/N-ethyl adjacent to an activating group) is 1. The molecule has 0 bridgehead atoms. The van der Waals surface area contributed by atoms with Crippen LogP contribution in [0.3, 0.4) is 0 Å². The van der Waals surface area contributed by atoms with E-state index in [1.54, 1.807) is 6.07 Å². The molecule has 2 aliphatic heterocycles. The lowest BCUT2D eigenvalue weighted by atomic mass is 10.1. The Morgan fingerprint density at radius 1 is 1.38 bits per heavy atom. The molecule has 1 fully saturated rings. The molecule has 1 N–H and O–H groups in total. The molecule has 0 aromatic heterocycles. The average molecular weight is 313 g/mol. The van der Waals surface area contributed by atoms with Gasteiger partial charge in [-0.3, -0.25) is 14.6 Å². The fourth-order valence-electron chi connectivity index (χ4n) is 2.66. The lowest BCUT2D eigenvalue weighted by Crippen LogP contribution is -2.54. The van der Waals surface area contributed by atoms with E-state index in [0.717, 1.165) is 18.7 Å². The Bertz CT molecular complexity index is 566. The highest BCUT2D eigenvalue weighted by Gasteiger charge is 2.30. The Hall–Kier alpha value is -1.50. The molecular formula is C14H17ClN2O4. The first kappa shape index (κ1) is 14.4. The molecule has 0 unspecified atom stereocenters. The summed E-state index contributed by atoms with van der Waals surface area (Å²) in [5.74, 6) is 0.558. The second-order valence-corrected chi connectivity index (χ2v) is 5.77. The second-order valence-electron chi connectivity index (χ2n) is 5.37. The summed E-state index contributed by atoms with van der Waals surface area (Å²) < 4.78 is 10.6. The summed E-state index contributed by atoms with van der Waals surface area (Å²) in [5, 5.41) is 9.86. The van der Waals surface area contributed by atoms with E-state index in [2.05, 4.69) is 4.90 Å². The molecular weight excluding hydrogens is 296 g/mol. The van der Waals surface area contributed by atoms with Crippen LogP contribution < -0.4 is 9.47 Å². The summed E-state index contributed by atoms with van der Waals surface area (Å²) in [4.78, 5) is 15.2. The first-order valence-electron chi connectivity index (χ1n) is 6.78. The standard InChI is InChI=1S/C14H17ClN2O4/c1-16-2-3-17(7-11(16)14(18)19)6-9-4-12-13(5-10(9)15)21-8-20-12/h4-5,11H,2-3,6-8H2,1H3,(H,18,19)/t11-/m0/s1. The molecule has 2 aliphatic rings. The lowest BCUT2D eigenvalue weighted by Gasteiger charge is -2.37. The fourth-order valence-corrected chi connectivity index (χ4v) is 2.88. The maximum absolute atomic E-state index is 11.3. The van der Waals surface area contributed by atoms with Gasteiger partial charge < -0.3 is 14.6 Å². The van der Waals surface area contributed by atoms with E-state index >= 15 is 0 Å². The Kier molecular flexibility index (Phi) is 3.93. The van der Waals surface area contributed by atoms with Gasteiger partial charge in [0.05, 0.1) is 0 Å². The topological polar surface area (TPSA) is 62.2 Å². The summed E-state index contributed by atoms with van der Waals surface area (Å²) in [7, 11) is 1.84. The molecule has 2 heterocycles. The minimum absolute atomic E-state index is 0.213. The highest BCUT2D eigenvalue weighted by Crippen LogP contribution is 2.37. The Labute approximate surface area is 127 Å². The molecule has 114 valence electrons. The number of carboxylic acids is 1. The van der Waals surface area contributed by atoms with Crippen molar-refractivity contribution in [3.63, 3.8) is 0 Å². The molecule has 0 spiro atoms. The van der Waals surface area contributed by atoms with Gasteiger partial charge >= 0.3 is 5.97 Å². The van der Waals surface area contributed by atoms with Gasteiger partial charge in [-0.2, -0.15) is 0 Å². The van der Waals surface area contributed by atoms with Crippen LogP contribution in [0.15, 0.2) is 12.1 Å². The predicted octanol–water partition coefficient (Wildman–Crippen LogP) is 1.27. The van der Waals surface area contributed by atoms with Gasteiger partial charge in [0, 0.05) is 37.3 Å². The van der Waals surface area contributed by atoms with Gasteiger partial charge in [0.1, 0.15) is 6.04 Å². The Morgan fingerprint density at radius 2 is 2.10 bits per heavy atom. The van der Waals surface area contributed by atoms with Crippen LogP contribution in [0.2, 0.25) is 5.02 Å². The van der Waals surface area contributed by atoms with E-state index in [9.17, 15) is 9.90 Å². The SMILES string of the molecule is CN1CCN(Cc2cc3c(cc2Cl)OCO3)C[C@H]1C(=O)O. The minimum Gasteiger partial charge on any atom is -0.480 e. The van der Waals surface area contributed by atoms with Crippen molar-refractivity contribution in [2.45, 2.75) is 12.6 Å². The van der Waals surface area contributed by atoms with Gasteiger partial charge in [0.2, 0.25) is 6.79 Å². The molecule has 0 saturated carbocycles. The van der Waals surface area contributed by atoms with Crippen molar-refractivity contribution >= 4 is 17.6 Å². The van der Waals surface area contributed by atoms with E-state index in [1.807, 2.05) is 18.0 Å². The normalized spacial score (nSPS) is 22.5. The van der Waals surface area contributed by atoms with E-state index in [4.69, 9.17) is 21.1 Å². The van der Waals surface area contributed by atoms with E-state index < -0.39 is 12.0 Å². The number of nitrogens with zero attached hydrogens (tertiary/aromatic N) is 2. The van der Waals surface area contributed by atoms with Crippen molar-refractivity contribution in [1.82, 2.24) is 9.80 Å². The monoisotopic (exact) mass is 312 g/mol. The van der Waals surface area contributed by atoms with Crippen molar-refractivity contribution < 1.29 is 19.4 Å². The summed E-state index contributed by atoms with van der Waals surface area (Å²) >= 11 is 6.27. The highest BCUT2D eigenvalue weighted by atomic mass is 35.5. The third-order valence-corrected chi connectivity index (χ3v) is 4.30. The molecule has 1 aromatic carbocycles. The average Bonchev–Trinajstić information content (AvgIpc) is 2.88. The number of aliphatic carboxylic acids is 1. The molecule has 1 saturated heterocycles. The number of halogens is 1. The number of carbonyl (C=O) groups is 1. The van der Waals surface area contributed by atoms with Crippen LogP contribution in [-0.4, -0.2) is 60.4 Å². The first-order chi connectivity index (χ1) is 10.0. The molecule has 7 heteroatoms. The minimum atomic E-state index is -0.793. The van der Waals surface area contributed by atoms with Crippen LogP contribution in [0.4, 0.5) is 0 Å². The largest absolute Gasteiger partial charge is 0.480 e. The number of hydrogen-bond acceptors (Lipinski definition) is 5. The summed E-state index contributed by atoms with van der Waals surface area (Å²) in [6, 6.07) is 3.15. The molecule has 0 radical (unpaired) electrons. The van der Waals surface area contributed by atoms with Gasteiger partial charge in [-0.15, -0.1) is 0 Å². The van der Waals surface area contributed by atoms with Crippen LogP contribution in [0.1, 0.15) is 5.56 Å². The molecule has 1 aromatic rings. The molecule has 0 amide bonds. The number of rotatable bonds is 3. The van der Waals surface area contributed by atoms with Gasteiger partial charge in [-0.05, 0) is 18.7 Å². The van der Waals surface area contributed by atoms with Crippen molar-refractivity contribution in [3.05, 3.63) is 22.7 Å². The number of carboxylic acid groups (broad SMARTS) is 1. The fraction of sp³-hybridized carbons (Fsp3) is 0.500. The maximum Gasteiger partial charge on any atom is 0.322 e. The predicted molar refractivity (Wildman–Crippen MR) is 76.9 cm³/mol. The Morgan fingerprint density at radius 3 is 2.81 bits per heavy atom. The molecule has 0 aliphatic carbocycles. The van der Waals surface area contributed by atoms with Crippen molar-refractivity contribution in [1.29, 1.82) is 0 Å². The van der Waals surface area contributed by atoms with E-state index in [-0.39, 0.29) is 6.79 Å². The molecule has 1 atom stereocenters. The first-order valence-corrected chi connectivity index (χ1v) is 7.16. The number of hydrogen-bond donors (Lipinski definition) is 1. The van der Waals surface area contributed by atoms with Gasteiger partial charge in [-0.25, -0.2) is 0 Å². The van der Waals surface area contributed by atoms with Crippen LogP contribution in [0, 0.1) is 0 Å². The van der Waals surface area contributed by atoms with Crippen LogP contribution in [-0.2, 0) is 11.3 Å².